The Balaban J connectivity index is 0.000000742. The van der Waals surface area contributed by atoms with Crippen LogP contribution in [0.4, 0.5) is 43.9 Å². The van der Waals surface area contributed by atoms with Crippen LogP contribution in [0.5, 0.6) is 0 Å². The van der Waals surface area contributed by atoms with E-state index < -0.39 is 86.2 Å². The van der Waals surface area contributed by atoms with Crippen LogP contribution in [-0.4, -0.2) is 11.4 Å². The number of aryl methyl sites for hydroxylation is 1. The Morgan fingerprint density at radius 3 is 1.24 bits per heavy atom. The van der Waals surface area contributed by atoms with E-state index in [4.69, 9.17) is 0 Å². The maximum Gasteiger partial charge on any atom is 0.435 e. The largest absolute Gasteiger partial charge is 0.435 e. The molecule has 0 saturated heterocycles. The number of aromatic nitrogens is 2. The average Bonchev–Trinajstić information content (AvgIpc) is 3.56. The van der Waals surface area contributed by atoms with Crippen LogP contribution >= 0.6 is 0 Å². The van der Waals surface area contributed by atoms with Crippen LogP contribution in [0.15, 0.2) is 66.7 Å². The third-order valence-electron chi connectivity index (χ3n) is 8.21. The van der Waals surface area contributed by atoms with Crippen LogP contribution < -0.4 is 15.5 Å². The van der Waals surface area contributed by atoms with Gasteiger partial charge in [-0.05, 0) is 30.0 Å². The Morgan fingerprint density at radius 1 is 0.529 bits per heavy atom. The van der Waals surface area contributed by atoms with Crippen LogP contribution in [0.25, 0.3) is 0 Å². The molecule has 0 atom stereocenters. The van der Waals surface area contributed by atoms with Gasteiger partial charge in [0.1, 0.15) is 23.3 Å². The second-order valence-corrected chi connectivity index (χ2v) is 14.0. The van der Waals surface area contributed by atoms with Crippen molar-refractivity contribution in [1.82, 2.24) is 5.10 Å². The lowest BCUT2D eigenvalue weighted by Gasteiger charge is -2.34. The van der Waals surface area contributed by atoms with E-state index in [0.717, 1.165) is 0 Å². The normalized spacial score (nSPS) is 11.9. The first-order valence-corrected chi connectivity index (χ1v) is 15.6. The summed E-state index contributed by atoms with van der Waals surface area (Å²) in [5, 5.41) is 2.72. The van der Waals surface area contributed by atoms with E-state index >= 15 is 17.6 Å². The standard InChI is InChI=1S/C31H25BF10N2.C7H8/c1-30(2,3)16-14-17(31(4,5)6)44(43-16)32(13-12-15-10-8-7-9-11-15,18-20(33)24(37)28(41)25(38)21(18)34)19-22(35)26(39)29(42)27(40)23(19)36;1-7-5-3-2-4-6-7/h7-11,14,43H,1-6H3;2-6H,1H3. The fourth-order valence-electron chi connectivity index (χ4n) is 5.53. The van der Waals surface area contributed by atoms with Crippen LogP contribution in [0.1, 0.15) is 64.1 Å². The number of rotatable bonds is 3. The summed E-state index contributed by atoms with van der Waals surface area (Å²) in [6.07, 6.45) is -4.67. The Hall–Kier alpha value is -4.99. The molecule has 0 spiro atoms. The molecule has 4 aromatic carbocycles. The van der Waals surface area contributed by atoms with Crippen molar-refractivity contribution in [2.75, 3.05) is 0 Å². The first-order chi connectivity index (χ1) is 23.7. The minimum absolute atomic E-state index is 0.0204. The van der Waals surface area contributed by atoms with Gasteiger partial charge in [0, 0.05) is 22.5 Å². The first kappa shape index (κ1) is 38.8. The number of halogens is 10. The summed E-state index contributed by atoms with van der Waals surface area (Å²) in [5.74, 6) is -20.9. The predicted molar refractivity (Wildman–Crippen MR) is 176 cm³/mol. The third-order valence-corrected chi connectivity index (χ3v) is 8.21. The van der Waals surface area contributed by atoms with Gasteiger partial charge in [-0.25, -0.2) is 54.8 Å². The highest BCUT2D eigenvalue weighted by Gasteiger charge is 2.55. The third kappa shape index (κ3) is 7.27. The SMILES string of the molecule is CC(C)(C)c1cc(C(C)(C)C)[n+]([B-](C#Cc2ccccc2)(c2c(F)c(F)c(F)c(F)c2F)c2c(F)c(F)c(F)c(F)c2F)[nH]1.Cc1ccccc1. The molecule has 0 aliphatic heterocycles. The Kier molecular flexibility index (Phi) is 10.9. The molecular weight excluding hydrogens is 685 g/mol. The molecule has 5 aromatic rings. The number of hydrogen-bond acceptors (Lipinski definition) is 0. The lowest BCUT2D eigenvalue weighted by Crippen LogP contribution is -2.83. The van der Waals surface area contributed by atoms with Gasteiger partial charge >= 0.3 is 6.28 Å². The van der Waals surface area contributed by atoms with Crippen molar-refractivity contribution in [2.24, 2.45) is 0 Å². The number of hydrogen-bond donors (Lipinski definition) is 1. The summed E-state index contributed by atoms with van der Waals surface area (Å²) < 4.78 is 152. The highest BCUT2D eigenvalue weighted by Crippen LogP contribution is 2.29. The quantitative estimate of drug-likeness (QED) is 0.0636. The lowest BCUT2D eigenvalue weighted by molar-refractivity contribution is -0.615. The Morgan fingerprint density at radius 2 is 0.902 bits per heavy atom. The Labute approximate surface area is 289 Å². The van der Waals surface area contributed by atoms with Gasteiger partial charge in [-0.2, -0.15) is 0 Å². The van der Waals surface area contributed by atoms with Crippen LogP contribution in [0.2, 0.25) is 0 Å². The zero-order valence-electron chi connectivity index (χ0n) is 28.7. The molecule has 1 heterocycles. The van der Waals surface area contributed by atoms with Crippen molar-refractivity contribution < 1.29 is 48.5 Å². The predicted octanol–water partition coefficient (Wildman–Crippen LogP) is 8.48. The fourth-order valence-corrected chi connectivity index (χ4v) is 5.53. The molecule has 0 unspecified atom stereocenters. The van der Waals surface area contributed by atoms with Gasteiger partial charge in [0.2, 0.25) is 0 Å². The first-order valence-electron chi connectivity index (χ1n) is 15.6. The van der Waals surface area contributed by atoms with Gasteiger partial charge in [0.15, 0.2) is 40.6 Å². The molecule has 0 radical (unpaired) electrons. The minimum atomic E-state index is -4.67. The lowest BCUT2D eigenvalue weighted by atomic mass is 9.27. The molecule has 5 rings (SSSR count). The molecule has 0 aliphatic carbocycles. The zero-order valence-corrected chi connectivity index (χ0v) is 28.7. The highest BCUT2D eigenvalue weighted by molar-refractivity contribution is 7.02. The Bertz CT molecular complexity index is 2010. The molecule has 0 saturated carbocycles. The van der Waals surface area contributed by atoms with Gasteiger partial charge in [0.05, 0.1) is 5.69 Å². The van der Waals surface area contributed by atoms with Crippen LogP contribution in [-0.2, 0) is 10.8 Å². The molecule has 51 heavy (non-hydrogen) atoms. The number of nitrogens with zero attached hydrogens (tertiary/aromatic N) is 1. The highest BCUT2D eigenvalue weighted by atomic mass is 19.2. The second-order valence-electron chi connectivity index (χ2n) is 14.0. The fraction of sp³-hybridized carbons (Fsp3) is 0.237. The van der Waals surface area contributed by atoms with E-state index in [1.54, 1.807) is 47.6 Å². The molecule has 268 valence electrons. The van der Waals surface area contributed by atoms with Gasteiger partial charge in [0.25, 0.3) is 0 Å². The molecule has 0 aliphatic rings. The molecule has 13 heteroatoms. The van der Waals surface area contributed by atoms with Gasteiger partial charge in [-0.3, -0.25) is 0 Å². The maximum atomic E-state index is 15.9. The van der Waals surface area contributed by atoms with Crippen molar-refractivity contribution >= 4 is 17.2 Å². The molecule has 1 aromatic heterocycles. The van der Waals surface area contributed by atoms with Gasteiger partial charge in [-0.1, -0.05) is 95.6 Å². The monoisotopic (exact) mass is 718 g/mol. The molecule has 0 amide bonds. The smallest absolute Gasteiger partial charge is 0.311 e. The van der Waals surface area contributed by atoms with Crippen molar-refractivity contribution in [3.8, 4) is 11.7 Å². The van der Waals surface area contributed by atoms with Gasteiger partial charge in [-0.15, -0.1) is 5.92 Å². The number of benzene rings is 4. The molecule has 0 bridgehead atoms. The molecular formula is C38H33BF10N2. The van der Waals surface area contributed by atoms with Crippen molar-refractivity contribution in [1.29, 1.82) is 0 Å². The maximum absolute atomic E-state index is 15.9. The number of aromatic amines is 1. The second kappa shape index (κ2) is 14.3. The summed E-state index contributed by atoms with van der Waals surface area (Å²) in [7, 11) is 0. The molecule has 1 N–H and O–H groups in total. The summed E-state index contributed by atoms with van der Waals surface area (Å²) in [6.45, 7) is 11.7. The van der Waals surface area contributed by atoms with E-state index in [1.165, 1.54) is 35.9 Å². The van der Waals surface area contributed by atoms with E-state index in [9.17, 15) is 26.3 Å². The number of nitrogens with one attached hydrogen (secondary N) is 1. The van der Waals surface area contributed by atoms with Gasteiger partial charge < -0.3 is 4.59 Å². The summed E-state index contributed by atoms with van der Waals surface area (Å²) in [6, 6.07) is 18.8. The zero-order chi connectivity index (χ0) is 38.2. The van der Waals surface area contributed by atoms with Crippen molar-refractivity contribution in [2.45, 2.75) is 59.3 Å². The summed E-state index contributed by atoms with van der Waals surface area (Å²) in [5.41, 5.74) is -4.34. The van der Waals surface area contributed by atoms with E-state index in [-0.39, 0.29) is 17.0 Å². The van der Waals surface area contributed by atoms with E-state index in [0.29, 0.717) is 4.59 Å². The van der Waals surface area contributed by atoms with Crippen LogP contribution in [0.3, 0.4) is 0 Å². The van der Waals surface area contributed by atoms with Crippen molar-refractivity contribution in [3.05, 3.63) is 147 Å². The summed E-state index contributed by atoms with van der Waals surface area (Å²) in [4.78, 5) is 0. The van der Waals surface area contributed by atoms with E-state index in [1.807, 2.05) is 18.2 Å². The van der Waals surface area contributed by atoms with Crippen LogP contribution in [0, 0.1) is 76.8 Å². The number of H-pyrrole nitrogens is 1. The minimum Gasteiger partial charge on any atom is -0.311 e. The van der Waals surface area contributed by atoms with Crippen molar-refractivity contribution in [3.63, 3.8) is 0 Å². The topological polar surface area (TPSA) is 19.7 Å². The molecule has 2 nitrogen and oxygen atoms in total. The van der Waals surface area contributed by atoms with E-state index in [2.05, 4.69) is 35.9 Å². The average molecular weight is 718 g/mol. The summed E-state index contributed by atoms with van der Waals surface area (Å²) >= 11 is 0. The molecule has 0 fully saturated rings.